The Hall–Kier alpha value is -2.16. The molecule has 0 spiro atoms. The van der Waals surface area contributed by atoms with Gasteiger partial charge in [0.15, 0.2) is 5.78 Å². The minimum absolute atomic E-state index is 0.0280. The third kappa shape index (κ3) is 3.70. The van der Waals surface area contributed by atoms with E-state index in [1.54, 1.807) is 36.4 Å². The molecule has 0 heterocycles. The normalized spacial score (nSPS) is 11.8. The molecule has 0 aliphatic rings. The lowest BCUT2D eigenvalue weighted by molar-refractivity contribution is -0.136. The molecule has 0 atom stereocenters. The second-order valence-corrected chi connectivity index (χ2v) is 3.84. The van der Waals surface area contributed by atoms with Gasteiger partial charge in [-0.1, -0.05) is 42.5 Å². The van der Waals surface area contributed by atoms with E-state index in [1.165, 1.54) is 0 Å². The first-order valence-electron chi connectivity index (χ1n) is 5.73. The number of carbonyl (C=O) groups excluding carboxylic acids is 1. The van der Waals surface area contributed by atoms with Gasteiger partial charge in [0.2, 0.25) is 0 Å². The van der Waals surface area contributed by atoms with Crippen LogP contribution in [0.25, 0.3) is 0 Å². The minimum atomic E-state index is -0.878. The molecule has 0 aromatic heterocycles. The lowest BCUT2D eigenvalue weighted by atomic mass is 10.0. The van der Waals surface area contributed by atoms with Gasteiger partial charge in [-0.25, -0.2) is 0 Å². The van der Waals surface area contributed by atoms with Gasteiger partial charge in [0.25, 0.3) is 0 Å². The van der Waals surface area contributed by atoms with Crippen molar-refractivity contribution in [2.75, 3.05) is 0 Å². The molecule has 1 N–H and O–H groups in total. The minimum Gasteiger partial charge on any atom is -0.481 e. The number of ketones is 1. The molecule has 0 fully saturated rings. The van der Waals surface area contributed by atoms with Crippen LogP contribution in [0.3, 0.4) is 0 Å². The summed E-state index contributed by atoms with van der Waals surface area (Å²) >= 11 is 0. The van der Waals surface area contributed by atoms with Gasteiger partial charge >= 0.3 is 5.97 Å². The second-order valence-electron chi connectivity index (χ2n) is 3.84. The van der Waals surface area contributed by atoms with Crippen molar-refractivity contribution >= 4 is 11.8 Å². The Morgan fingerprint density at radius 3 is 2.22 bits per heavy atom. The molecular weight excluding hydrogens is 228 g/mol. The third-order valence-electron chi connectivity index (χ3n) is 2.49. The highest BCUT2D eigenvalue weighted by molar-refractivity contribution is 6.10. The summed E-state index contributed by atoms with van der Waals surface area (Å²) in [5.41, 5.74) is 1.88. The van der Waals surface area contributed by atoms with Crippen LogP contribution in [0.15, 0.2) is 48.1 Å². The molecule has 0 bridgehead atoms. The summed E-state index contributed by atoms with van der Waals surface area (Å²) < 4.78 is 0. The molecule has 0 unspecified atom stereocenters. The zero-order valence-electron chi connectivity index (χ0n) is 10.5. The molecule has 1 rings (SSSR count). The molecule has 94 valence electrons. The summed E-state index contributed by atoms with van der Waals surface area (Å²) in [5.74, 6) is -0.936. The van der Waals surface area contributed by atoms with E-state index in [0.717, 1.165) is 0 Å². The van der Waals surface area contributed by atoms with Gasteiger partial charge in [0.1, 0.15) is 0 Å². The Bertz CT molecular complexity index is 493. The van der Waals surface area contributed by atoms with E-state index in [4.69, 9.17) is 5.11 Å². The van der Waals surface area contributed by atoms with Crippen LogP contribution in [0, 0.1) is 0 Å². The van der Waals surface area contributed by atoms with Gasteiger partial charge in [-0.05, 0) is 19.4 Å². The zero-order chi connectivity index (χ0) is 13.5. The van der Waals surface area contributed by atoms with Crippen LogP contribution in [0.4, 0.5) is 0 Å². The Morgan fingerprint density at radius 2 is 1.78 bits per heavy atom. The van der Waals surface area contributed by atoms with Crippen LogP contribution in [-0.4, -0.2) is 16.9 Å². The van der Waals surface area contributed by atoms with Crippen molar-refractivity contribution in [3.8, 4) is 0 Å². The molecule has 1 aromatic rings. The first kappa shape index (κ1) is 13.9. The van der Waals surface area contributed by atoms with Crippen LogP contribution < -0.4 is 0 Å². The topological polar surface area (TPSA) is 54.4 Å². The first-order chi connectivity index (χ1) is 8.58. The third-order valence-corrected chi connectivity index (χ3v) is 2.49. The molecule has 0 aliphatic carbocycles. The molecule has 0 radical (unpaired) electrons. The predicted molar refractivity (Wildman–Crippen MR) is 70.7 cm³/mol. The molecule has 0 saturated carbocycles. The van der Waals surface area contributed by atoms with Gasteiger partial charge in [0, 0.05) is 11.1 Å². The Labute approximate surface area is 106 Å². The average molecular weight is 244 g/mol. The predicted octanol–water partition coefficient (Wildman–Crippen LogP) is 3.02. The summed E-state index contributed by atoms with van der Waals surface area (Å²) in [6.07, 6.45) is 5.30. The fraction of sp³-hybridized carbons (Fsp3) is 0.200. The van der Waals surface area contributed by atoms with E-state index >= 15 is 0 Å². The highest BCUT2D eigenvalue weighted by Crippen LogP contribution is 2.12. The van der Waals surface area contributed by atoms with Crippen molar-refractivity contribution in [1.82, 2.24) is 0 Å². The van der Waals surface area contributed by atoms with E-state index in [1.807, 2.05) is 19.9 Å². The number of carbonyl (C=O) groups is 2. The SMILES string of the molecule is C/C=C\C(=C/C)C(=O)c1ccc(CC(=O)O)cc1. The van der Waals surface area contributed by atoms with E-state index in [0.29, 0.717) is 16.7 Å². The fourth-order valence-electron chi connectivity index (χ4n) is 1.60. The van der Waals surface area contributed by atoms with Crippen LogP contribution in [0.2, 0.25) is 0 Å². The van der Waals surface area contributed by atoms with Gasteiger partial charge in [-0.15, -0.1) is 0 Å². The van der Waals surface area contributed by atoms with E-state index < -0.39 is 5.97 Å². The lowest BCUT2D eigenvalue weighted by Gasteiger charge is -2.03. The molecule has 0 saturated heterocycles. The van der Waals surface area contributed by atoms with Gasteiger partial charge in [-0.2, -0.15) is 0 Å². The van der Waals surface area contributed by atoms with Crippen molar-refractivity contribution in [2.45, 2.75) is 20.3 Å². The van der Waals surface area contributed by atoms with E-state index in [-0.39, 0.29) is 12.2 Å². The number of benzene rings is 1. The first-order valence-corrected chi connectivity index (χ1v) is 5.73. The highest BCUT2D eigenvalue weighted by atomic mass is 16.4. The fourth-order valence-corrected chi connectivity index (χ4v) is 1.60. The zero-order valence-corrected chi connectivity index (χ0v) is 10.5. The van der Waals surface area contributed by atoms with Crippen molar-refractivity contribution < 1.29 is 14.7 Å². The molecule has 3 heteroatoms. The summed E-state index contributed by atoms with van der Waals surface area (Å²) in [5, 5.41) is 8.66. The summed E-state index contributed by atoms with van der Waals surface area (Å²) in [4.78, 5) is 22.6. The molecule has 3 nitrogen and oxygen atoms in total. The molecule has 0 aliphatic heterocycles. The summed E-state index contributed by atoms with van der Waals surface area (Å²) in [6.45, 7) is 3.67. The quantitative estimate of drug-likeness (QED) is 0.492. The van der Waals surface area contributed by atoms with E-state index in [9.17, 15) is 9.59 Å². The largest absolute Gasteiger partial charge is 0.481 e. The number of hydrogen-bond acceptors (Lipinski definition) is 2. The number of hydrogen-bond donors (Lipinski definition) is 1. The maximum Gasteiger partial charge on any atom is 0.307 e. The number of Topliss-reactive ketones (excluding diaryl/α,β-unsaturated/α-hetero) is 1. The number of allylic oxidation sites excluding steroid dienone is 4. The maximum atomic E-state index is 12.1. The average Bonchev–Trinajstić information content (AvgIpc) is 2.35. The van der Waals surface area contributed by atoms with Crippen molar-refractivity contribution in [3.63, 3.8) is 0 Å². The van der Waals surface area contributed by atoms with E-state index in [2.05, 4.69) is 0 Å². The van der Waals surface area contributed by atoms with Crippen LogP contribution in [0.5, 0.6) is 0 Å². The summed E-state index contributed by atoms with van der Waals surface area (Å²) in [7, 11) is 0. The molecular formula is C15H16O3. The Kier molecular flexibility index (Phi) is 5.06. The number of carboxylic acids is 1. The molecule has 1 aromatic carbocycles. The second kappa shape index (κ2) is 6.55. The van der Waals surface area contributed by atoms with Crippen LogP contribution >= 0.6 is 0 Å². The Morgan fingerprint density at radius 1 is 1.17 bits per heavy atom. The standard InChI is InChI=1S/C15H16O3/c1-3-5-12(4-2)15(18)13-8-6-11(7-9-13)10-14(16)17/h3-9H,10H2,1-2H3,(H,16,17)/b5-3-,12-4+. The molecule has 18 heavy (non-hydrogen) atoms. The van der Waals surface area contributed by atoms with Crippen molar-refractivity contribution in [1.29, 1.82) is 0 Å². The van der Waals surface area contributed by atoms with Gasteiger partial charge < -0.3 is 5.11 Å². The molecule has 0 amide bonds. The van der Waals surface area contributed by atoms with Crippen LogP contribution in [-0.2, 0) is 11.2 Å². The number of rotatable bonds is 5. The van der Waals surface area contributed by atoms with Gasteiger partial charge in [-0.3, -0.25) is 9.59 Å². The lowest BCUT2D eigenvalue weighted by Crippen LogP contribution is -2.03. The summed E-state index contributed by atoms with van der Waals surface area (Å²) in [6, 6.07) is 6.66. The van der Waals surface area contributed by atoms with Gasteiger partial charge in [0.05, 0.1) is 6.42 Å². The van der Waals surface area contributed by atoms with Crippen LogP contribution in [0.1, 0.15) is 29.8 Å². The monoisotopic (exact) mass is 244 g/mol. The highest BCUT2D eigenvalue weighted by Gasteiger charge is 2.09. The van der Waals surface area contributed by atoms with Crippen molar-refractivity contribution in [3.05, 3.63) is 59.2 Å². The smallest absolute Gasteiger partial charge is 0.307 e. The Balaban J connectivity index is 2.91. The van der Waals surface area contributed by atoms with Crippen molar-refractivity contribution in [2.24, 2.45) is 0 Å². The number of carboxylic acid groups (broad SMARTS) is 1. The number of aliphatic carboxylic acids is 1. The maximum absolute atomic E-state index is 12.1.